The van der Waals surface area contributed by atoms with E-state index in [1.54, 1.807) is 6.92 Å². The number of piperidine rings is 1. The van der Waals surface area contributed by atoms with Crippen LogP contribution in [0, 0.1) is 5.92 Å². The van der Waals surface area contributed by atoms with Crippen molar-refractivity contribution in [2.45, 2.75) is 52.5 Å². The quantitative estimate of drug-likeness (QED) is 0.641. The first kappa shape index (κ1) is 14.7. The Balaban J connectivity index is 2.17. The number of nitrogens with zero attached hydrogens (tertiary/aromatic N) is 1. The Morgan fingerprint density at radius 3 is 2.76 bits per heavy atom. The molecule has 0 N–H and O–H groups in total. The summed E-state index contributed by atoms with van der Waals surface area (Å²) in [6, 6.07) is 0.150. The first-order valence-corrected chi connectivity index (χ1v) is 6.93. The van der Waals surface area contributed by atoms with Gasteiger partial charge in [0.25, 0.3) is 0 Å². The molecule has 3 nitrogen and oxygen atoms in total. The van der Waals surface area contributed by atoms with Crippen LogP contribution in [-0.4, -0.2) is 43.0 Å². The molecule has 0 aromatic heterocycles. The summed E-state index contributed by atoms with van der Waals surface area (Å²) in [4.78, 5) is 13.8. The van der Waals surface area contributed by atoms with Crippen LogP contribution in [0.4, 0.5) is 0 Å². The number of carbonyl (C=O) groups excluding carboxylic acids is 1. The number of hydrogen-bond donors (Lipinski definition) is 0. The maximum Gasteiger partial charge on any atom is 0.146 e. The lowest BCUT2D eigenvalue weighted by Crippen LogP contribution is -2.45. The summed E-state index contributed by atoms with van der Waals surface area (Å²) in [5.74, 6) is 1.02. The van der Waals surface area contributed by atoms with Gasteiger partial charge in [-0.2, -0.15) is 0 Å². The van der Waals surface area contributed by atoms with E-state index in [1.165, 1.54) is 12.8 Å². The van der Waals surface area contributed by atoms with Crippen molar-refractivity contribution in [2.24, 2.45) is 5.92 Å². The van der Waals surface area contributed by atoms with Crippen molar-refractivity contribution in [3.63, 3.8) is 0 Å². The van der Waals surface area contributed by atoms with Gasteiger partial charge in [-0.05, 0) is 38.6 Å². The van der Waals surface area contributed by atoms with Gasteiger partial charge in [0.2, 0.25) is 0 Å². The van der Waals surface area contributed by atoms with Gasteiger partial charge in [-0.1, -0.05) is 20.3 Å². The van der Waals surface area contributed by atoms with Crippen LogP contribution in [0.3, 0.4) is 0 Å². The lowest BCUT2D eigenvalue weighted by atomic mass is 9.99. The molecule has 0 radical (unpaired) electrons. The Kier molecular flexibility index (Phi) is 6.75. The molecule has 1 atom stereocenters. The lowest BCUT2D eigenvalue weighted by molar-refractivity contribution is -0.123. The van der Waals surface area contributed by atoms with Gasteiger partial charge in [-0.3, -0.25) is 9.69 Å². The molecular weight excluding hydrogens is 214 g/mol. The molecule has 1 heterocycles. The van der Waals surface area contributed by atoms with Crippen molar-refractivity contribution < 1.29 is 9.53 Å². The summed E-state index contributed by atoms with van der Waals surface area (Å²) in [5.41, 5.74) is 0. The Hall–Kier alpha value is -0.410. The van der Waals surface area contributed by atoms with E-state index < -0.39 is 0 Å². The van der Waals surface area contributed by atoms with E-state index in [0.717, 1.165) is 39.1 Å². The number of ketones is 1. The van der Waals surface area contributed by atoms with Crippen LogP contribution >= 0.6 is 0 Å². The van der Waals surface area contributed by atoms with Crippen LogP contribution in [0.15, 0.2) is 0 Å². The zero-order valence-electron chi connectivity index (χ0n) is 11.6. The molecule has 0 bridgehead atoms. The Labute approximate surface area is 106 Å². The molecule has 1 aliphatic heterocycles. The van der Waals surface area contributed by atoms with Gasteiger partial charge in [0, 0.05) is 13.2 Å². The van der Waals surface area contributed by atoms with Gasteiger partial charge in [0.1, 0.15) is 5.78 Å². The highest BCUT2D eigenvalue weighted by Crippen LogP contribution is 2.17. The Morgan fingerprint density at radius 2 is 2.12 bits per heavy atom. The van der Waals surface area contributed by atoms with Crippen LogP contribution in [0.5, 0.6) is 0 Å². The topological polar surface area (TPSA) is 29.5 Å². The normalized spacial score (nSPS) is 22.0. The SMILES string of the molecule is CC(=O)C1CCCCN1CCOCCC(C)C. The zero-order chi connectivity index (χ0) is 12.7. The molecule has 0 aromatic carbocycles. The second-order valence-electron chi connectivity index (χ2n) is 5.45. The van der Waals surface area contributed by atoms with Crippen molar-refractivity contribution in [3.8, 4) is 0 Å². The molecule has 1 saturated heterocycles. The monoisotopic (exact) mass is 241 g/mol. The van der Waals surface area contributed by atoms with Crippen molar-refractivity contribution in [2.75, 3.05) is 26.3 Å². The fourth-order valence-corrected chi connectivity index (χ4v) is 2.32. The third kappa shape index (κ3) is 5.64. The minimum Gasteiger partial charge on any atom is -0.380 e. The zero-order valence-corrected chi connectivity index (χ0v) is 11.6. The maximum absolute atomic E-state index is 11.5. The van der Waals surface area contributed by atoms with Crippen molar-refractivity contribution >= 4 is 5.78 Å². The van der Waals surface area contributed by atoms with Gasteiger partial charge in [0.15, 0.2) is 0 Å². The molecule has 0 aromatic rings. The molecule has 0 amide bonds. The highest BCUT2D eigenvalue weighted by atomic mass is 16.5. The van der Waals surface area contributed by atoms with Crippen molar-refractivity contribution in [1.82, 2.24) is 4.90 Å². The van der Waals surface area contributed by atoms with Crippen LogP contribution in [-0.2, 0) is 9.53 Å². The van der Waals surface area contributed by atoms with Gasteiger partial charge in [0.05, 0.1) is 12.6 Å². The molecule has 0 saturated carbocycles. The highest BCUT2D eigenvalue weighted by molar-refractivity contribution is 5.81. The van der Waals surface area contributed by atoms with Gasteiger partial charge >= 0.3 is 0 Å². The van der Waals surface area contributed by atoms with E-state index >= 15 is 0 Å². The van der Waals surface area contributed by atoms with Gasteiger partial charge < -0.3 is 4.74 Å². The third-order valence-corrected chi connectivity index (χ3v) is 3.45. The number of hydrogen-bond acceptors (Lipinski definition) is 3. The minimum absolute atomic E-state index is 0.150. The van der Waals surface area contributed by atoms with Crippen LogP contribution in [0.1, 0.15) is 46.5 Å². The lowest BCUT2D eigenvalue weighted by Gasteiger charge is -2.33. The summed E-state index contributed by atoms with van der Waals surface area (Å²) < 4.78 is 5.62. The third-order valence-electron chi connectivity index (χ3n) is 3.45. The summed E-state index contributed by atoms with van der Waals surface area (Å²) in [6.07, 6.45) is 4.56. The molecular formula is C14H27NO2. The Bertz CT molecular complexity index is 228. The van der Waals surface area contributed by atoms with E-state index in [-0.39, 0.29) is 6.04 Å². The summed E-state index contributed by atoms with van der Waals surface area (Å²) in [5, 5.41) is 0. The number of carbonyl (C=O) groups is 1. The maximum atomic E-state index is 11.5. The molecule has 0 aliphatic carbocycles. The number of rotatable bonds is 7. The standard InChI is InChI=1S/C14H27NO2/c1-12(2)7-10-17-11-9-15-8-5-4-6-14(15)13(3)16/h12,14H,4-11H2,1-3H3. The molecule has 1 fully saturated rings. The summed E-state index contributed by atoms with van der Waals surface area (Å²) >= 11 is 0. The molecule has 1 aliphatic rings. The Morgan fingerprint density at radius 1 is 1.35 bits per heavy atom. The predicted molar refractivity (Wildman–Crippen MR) is 70.2 cm³/mol. The second-order valence-corrected chi connectivity index (χ2v) is 5.45. The van der Waals surface area contributed by atoms with E-state index in [1.807, 2.05) is 0 Å². The molecule has 1 rings (SSSR count). The first-order chi connectivity index (χ1) is 8.11. The number of ether oxygens (including phenoxy) is 1. The van der Waals surface area contributed by atoms with Crippen LogP contribution < -0.4 is 0 Å². The fourth-order valence-electron chi connectivity index (χ4n) is 2.32. The second kappa shape index (κ2) is 7.83. The van der Waals surface area contributed by atoms with Crippen LogP contribution in [0.25, 0.3) is 0 Å². The average Bonchev–Trinajstić information content (AvgIpc) is 2.28. The van der Waals surface area contributed by atoms with Gasteiger partial charge in [-0.25, -0.2) is 0 Å². The molecule has 0 spiro atoms. The van der Waals surface area contributed by atoms with E-state index in [9.17, 15) is 4.79 Å². The largest absolute Gasteiger partial charge is 0.380 e. The smallest absolute Gasteiger partial charge is 0.146 e. The molecule has 1 unspecified atom stereocenters. The highest BCUT2D eigenvalue weighted by Gasteiger charge is 2.25. The first-order valence-electron chi connectivity index (χ1n) is 6.93. The number of Topliss-reactive ketones (excluding diaryl/α,β-unsaturated/α-hetero) is 1. The van der Waals surface area contributed by atoms with E-state index in [0.29, 0.717) is 11.7 Å². The van der Waals surface area contributed by atoms with E-state index in [4.69, 9.17) is 4.74 Å². The van der Waals surface area contributed by atoms with Gasteiger partial charge in [-0.15, -0.1) is 0 Å². The van der Waals surface area contributed by atoms with Crippen molar-refractivity contribution in [1.29, 1.82) is 0 Å². The summed E-state index contributed by atoms with van der Waals surface area (Å²) in [7, 11) is 0. The molecule has 3 heteroatoms. The van der Waals surface area contributed by atoms with Crippen LogP contribution in [0.2, 0.25) is 0 Å². The fraction of sp³-hybridized carbons (Fsp3) is 0.929. The van der Waals surface area contributed by atoms with E-state index in [2.05, 4.69) is 18.7 Å². The predicted octanol–water partition coefficient (Wildman–Crippen LogP) is 2.49. The summed E-state index contributed by atoms with van der Waals surface area (Å²) in [6.45, 7) is 9.69. The minimum atomic E-state index is 0.150. The molecule has 100 valence electrons. The number of likely N-dealkylation sites (tertiary alicyclic amines) is 1. The van der Waals surface area contributed by atoms with Crippen molar-refractivity contribution in [3.05, 3.63) is 0 Å². The average molecular weight is 241 g/mol. The molecule has 17 heavy (non-hydrogen) atoms.